The van der Waals surface area contributed by atoms with Gasteiger partial charge in [-0.15, -0.1) is 0 Å². The third-order valence-corrected chi connectivity index (χ3v) is 5.99. The van der Waals surface area contributed by atoms with Gasteiger partial charge in [0.05, 0.1) is 12.3 Å². The fourth-order valence-electron chi connectivity index (χ4n) is 4.44. The Kier molecular flexibility index (Phi) is 5.36. The average Bonchev–Trinajstić information content (AvgIpc) is 2.82. The largest absolute Gasteiger partial charge is 0.450 e. The van der Waals surface area contributed by atoms with Crippen molar-refractivity contribution in [1.29, 1.82) is 0 Å². The van der Waals surface area contributed by atoms with Crippen LogP contribution in [0.25, 0.3) is 0 Å². The SMILES string of the molecule is CCOC(=O)N1CCC(C2c3ccc(Cl)cc3C(=O)Cc3cccnc32)CC1. The normalized spacial score (nSPS) is 19.6. The standard InChI is InChI=1S/C22H23ClN2O3/c1-2-28-22(27)25-10-7-14(8-11-25)20-17-6-5-16(23)13-18(17)19(26)12-15-4-3-9-24-21(15)20/h3-6,9,13-14,20H,2,7-8,10-12H2,1H3. The molecule has 1 atom stereocenters. The summed E-state index contributed by atoms with van der Waals surface area (Å²) < 4.78 is 5.14. The second-order valence-electron chi connectivity index (χ2n) is 7.38. The minimum Gasteiger partial charge on any atom is -0.450 e. The number of piperidine rings is 1. The molecule has 0 N–H and O–H groups in total. The van der Waals surface area contributed by atoms with Gasteiger partial charge >= 0.3 is 6.09 Å². The maximum Gasteiger partial charge on any atom is 0.409 e. The summed E-state index contributed by atoms with van der Waals surface area (Å²) in [5.41, 5.74) is 3.66. The Balaban J connectivity index is 1.70. The number of Topliss-reactive ketones (excluding diaryl/α,β-unsaturated/α-hetero) is 1. The number of aromatic nitrogens is 1. The molecule has 1 aromatic heterocycles. The van der Waals surface area contributed by atoms with Gasteiger partial charge in [0.15, 0.2) is 5.78 Å². The van der Waals surface area contributed by atoms with E-state index in [-0.39, 0.29) is 17.8 Å². The van der Waals surface area contributed by atoms with Crippen LogP contribution in [0.1, 0.15) is 52.9 Å². The van der Waals surface area contributed by atoms with Gasteiger partial charge in [0.1, 0.15) is 0 Å². The summed E-state index contributed by atoms with van der Waals surface area (Å²) in [6.07, 6.45) is 3.58. The zero-order chi connectivity index (χ0) is 19.7. The van der Waals surface area contributed by atoms with Crippen LogP contribution in [0, 0.1) is 5.92 Å². The Morgan fingerprint density at radius 1 is 1.29 bits per heavy atom. The summed E-state index contributed by atoms with van der Waals surface area (Å²) in [5.74, 6) is 0.405. The van der Waals surface area contributed by atoms with Crippen LogP contribution in [0.15, 0.2) is 36.5 Å². The zero-order valence-electron chi connectivity index (χ0n) is 15.9. The molecule has 0 bridgehead atoms. The molecule has 1 aliphatic carbocycles. The number of pyridine rings is 1. The van der Waals surface area contributed by atoms with Gasteiger partial charge in [-0.25, -0.2) is 4.79 Å². The van der Waals surface area contributed by atoms with Crippen LogP contribution in [-0.2, 0) is 11.2 Å². The molecule has 4 rings (SSSR count). The summed E-state index contributed by atoms with van der Waals surface area (Å²) >= 11 is 6.20. The molecule has 1 unspecified atom stereocenters. The van der Waals surface area contributed by atoms with Crippen LogP contribution in [0.2, 0.25) is 5.02 Å². The van der Waals surface area contributed by atoms with Crippen molar-refractivity contribution in [2.45, 2.75) is 32.1 Å². The minimum atomic E-state index is -0.247. The van der Waals surface area contributed by atoms with E-state index in [0.717, 1.165) is 29.7 Å². The first-order valence-electron chi connectivity index (χ1n) is 9.76. The lowest BCUT2D eigenvalue weighted by atomic mass is 9.76. The molecular formula is C22H23ClN2O3. The average molecular weight is 399 g/mol. The number of amides is 1. The molecule has 1 amide bonds. The predicted molar refractivity (Wildman–Crippen MR) is 107 cm³/mol. The van der Waals surface area contributed by atoms with Crippen LogP contribution in [0.4, 0.5) is 4.79 Å². The van der Waals surface area contributed by atoms with Crippen molar-refractivity contribution in [3.63, 3.8) is 0 Å². The van der Waals surface area contributed by atoms with Crippen LogP contribution >= 0.6 is 11.6 Å². The monoisotopic (exact) mass is 398 g/mol. The van der Waals surface area contributed by atoms with E-state index in [9.17, 15) is 9.59 Å². The molecule has 1 aromatic carbocycles. The van der Waals surface area contributed by atoms with Crippen LogP contribution in [0.5, 0.6) is 0 Å². The molecule has 1 fully saturated rings. The molecule has 2 heterocycles. The summed E-state index contributed by atoms with van der Waals surface area (Å²) in [7, 11) is 0. The summed E-state index contributed by atoms with van der Waals surface area (Å²) in [6.45, 7) is 3.50. The first-order valence-corrected chi connectivity index (χ1v) is 10.1. The topological polar surface area (TPSA) is 59.5 Å². The van der Waals surface area contributed by atoms with E-state index in [1.165, 1.54) is 0 Å². The number of likely N-dealkylation sites (tertiary alicyclic amines) is 1. The number of ether oxygens (including phenoxy) is 1. The van der Waals surface area contributed by atoms with E-state index < -0.39 is 0 Å². The van der Waals surface area contributed by atoms with E-state index in [1.807, 2.05) is 31.2 Å². The van der Waals surface area contributed by atoms with Crippen molar-refractivity contribution in [1.82, 2.24) is 9.88 Å². The number of carbonyl (C=O) groups excluding carboxylic acids is 2. The molecule has 0 radical (unpaired) electrons. The Hall–Kier alpha value is -2.40. The number of hydrogen-bond acceptors (Lipinski definition) is 4. The number of nitrogens with zero attached hydrogens (tertiary/aromatic N) is 2. The van der Waals surface area contributed by atoms with E-state index in [4.69, 9.17) is 16.3 Å². The van der Waals surface area contributed by atoms with Crippen molar-refractivity contribution in [3.8, 4) is 0 Å². The summed E-state index contributed by atoms with van der Waals surface area (Å²) in [4.78, 5) is 31.4. The smallest absolute Gasteiger partial charge is 0.409 e. The van der Waals surface area contributed by atoms with E-state index >= 15 is 0 Å². The van der Waals surface area contributed by atoms with Crippen LogP contribution < -0.4 is 0 Å². The van der Waals surface area contributed by atoms with Crippen molar-refractivity contribution < 1.29 is 14.3 Å². The van der Waals surface area contributed by atoms with Crippen molar-refractivity contribution in [2.24, 2.45) is 5.92 Å². The maximum atomic E-state index is 12.9. The van der Waals surface area contributed by atoms with Gasteiger partial charge < -0.3 is 9.64 Å². The molecule has 6 heteroatoms. The van der Waals surface area contributed by atoms with Crippen LogP contribution in [0.3, 0.4) is 0 Å². The van der Waals surface area contributed by atoms with E-state index in [1.54, 1.807) is 17.2 Å². The third kappa shape index (κ3) is 3.51. The molecule has 1 saturated heterocycles. The minimum absolute atomic E-state index is 0.0271. The highest BCUT2D eigenvalue weighted by atomic mass is 35.5. The lowest BCUT2D eigenvalue weighted by molar-refractivity contribution is 0.0900. The highest BCUT2D eigenvalue weighted by molar-refractivity contribution is 6.31. The maximum absolute atomic E-state index is 12.9. The number of ketones is 1. The number of halogens is 1. The van der Waals surface area contributed by atoms with Gasteiger partial charge in [-0.2, -0.15) is 0 Å². The summed E-state index contributed by atoms with van der Waals surface area (Å²) in [5, 5.41) is 0.571. The number of fused-ring (bicyclic) bond motifs is 2. The van der Waals surface area contributed by atoms with E-state index in [0.29, 0.717) is 42.6 Å². The second-order valence-corrected chi connectivity index (χ2v) is 7.82. The van der Waals surface area contributed by atoms with Gasteiger partial charge in [-0.1, -0.05) is 23.7 Å². The second kappa shape index (κ2) is 7.92. The molecule has 2 aromatic rings. The van der Waals surface area contributed by atoms with Crippen molar-refractivity contribution in [2.75, 3.05) is 19.7 Å². The van der Waals surface area contributed by atoms with Gasteiger partial charge in [0, 0.05) is 42.2 Å². The number of carbonyl (C=O) groups is 2. The van der Waals surface area contributed by atoms with Gasteiger partial charge in [0.2, 0.25) is 0 Å². The molecule has 0 saturated carbocycles. The molecule has 5 nitrogen and oxygen atoms in total. The molecular weight excluding hydrogens is 376 g/mol. The van der Waals surface area contributed by atoms with Crippen molar-refractivity contribution >= 4 is 23.5 Å². The molecule has 2 aliphatic rings. The number of benzene rings is 1. The Bertz CT molecular complexity index is 906. The first kappa shape index (κ1) is 18.9. The fraction of sp³-hybridized carbons (Fsp3) is 0.409. The highest BCUT2D eigenvalue weighted by Gasteiger charge is 2.36. The lowest BCUT2D eigenvalue weighted by Crippen LogP contribution is -2.40. The number of rotatable bonds is 2. The first-order chi connectivity index (χ1) is 13.6. The zero-order valence-corrected chi connectivity index (χ0v) is 16.6. The quantitative estimate of drug-likeness (QED) is 0.748. The number of hydrogen-bond donors (Lipinski definition) is 0. The Morgan fingerprint density at radius 3 is 2.82 bits per heavy atom. The Morgan fingerprint density at radius 2 is 2.07 bits per heavy atom. The highest BCUT2D eigenvalue weighted by Crippen LogP contribution is 2.42. The molecule has 28 heavy (non-hydrogen) atoms. The molecule has 146 valence electrons. The van der Waals surface area contributed by atoms with Crippen molar-refractivity contribution in [3.05, 3.63) is 63.9 Å². The van der Waals surface area contributed by atoms with E-state index in [2.05, 4.69) is 4.98 Å². The third-order valence-electron chi connectivity index (χ3n) is 5.76. The van der Waals surface area contributed by atoms with Gasteiger partial charge in [-0.3, -0.25) is 9.78 Å². The Labute approximate surface area is 169 Å². The van der Waals surface area contributed by atoms with Gasteiger partial charge in [-0.05, 0) is 55.0 Å². The summed E-state index contributed by atoms with van der Waals surface area (Å²) in [6, 6.07) is 9.49. The fourth-order valence-corrected chi connectivity index (χ4v) is 4.62. The molecule has 0 spiro atoms. The molecule has 1 aliphatic heterocycles. The predicted octanol–water partition coefficient (Wildman–Crippen LogP) is 4.47. The van der Waals surface area contributed by atoms with Gasteiger partial charge in [0.25, 0.3) is 0 Å². The lowest BCUT2D eigenvalue weighted by Gasteiger charge is -2.36. The van der Waals surface area contributed by atoms with Crippen LogP contribution in [-0.4, -0.2) is 41.5 Å².